The van der Waals surface area contributed by atoms with Gasteiger partial charge in [-0.25, -0.2) is 0 Å². The fraction of sp³-hybridized carbons (Fsp3) is 0.500. The molecule has 1 aromatic heterocycles. The number of nitrogens with zero attached hydrogens (tertiary/aromatic N) is 1. The molecule has 3 nitrogen and oxygen atoms in total. The summed E-state index contributed by atoms with van der Waals surface area (Å²) < 4.78 is 8.03. The standard InChI is InChI=1S/C16H24N2O/c1-13(2)19-15-6-7-16-14(12-15)8-11-18(16)10-5-3-4-9-17/h6-8,11-13H,3-5,9-10,17H2,1-2H3. The van der Waals surface area contributed by atoms with E-state index >= 15 is 0 Å². The number of rotatable bonds is 7. The molecule has 0 aliphatic carbocycles. The highest BCUT2D eigenvalue weighted by atomic mass is 16.5. The molecule has 0 aliphatic heterocycles. The molecule has 2 N–H and O–H groups in total. The molecule has 3 heteroatoms. The van der Waals surface area contributed by atoms with Crippen LogP contribution in [-0.2, 0) is 6.54 Å². The van der Waals surface area contributed by atoms with Gasteiger partial charge in [0.25, 0.3) is 0 Å². The van der Waals surface area contributed by atoms with Crippen LogP contribution in [-0.4, -0.2) is 17.2 Å². The molecule has 0 amide bonds. The molecule has 0 saturated carbocycles. The minimum atomic E-state index is 0.218. The van der Waals surface area contributed by atoms with Gasteiger partial charge in [-0.2, -0.15) is 0 Å². The van der Waals surface area contributed by atoms with Crippen molar-refractivity contribution in [3.05, 3.63) is 30.5 Å². The SMILES string of the molecule is CC(C)Oc1ccc2c(ccn2CCCCCN)c1. The van der Waals surface area contributed by atoms with Gasteiger partial charge in [-0.1, -0.05) is 6.42 Å². The zero-order valence-electron chi connectivity index (χ0n) is 11.9. The van der Waals surface area contributed by atoms with Crippen LogP contribution < -0.4 is 10.5 Å². The van der Waals surface area contributed by atoms with Gasteiger partial charge >= 0.3 is 0 Å². The molecule has 19 heavy (non-hydrogen) atoms. The van der Waals surface area contributed by atoms with Crippen molar-refractivity contribution in [2.75, 3.05) is 6.54 Å². The summed E-state index contributed by atoms with van der Waals surface area (Å²) >= 11 is 0. The molecule has 0 bridgehead atoms. The van der Waals surface area contributed by atoms with Crippen LogP contribution in [0.5, 0.6) is 5.75 Å². The predicted molar refractivity (Wildman–Crippen MR) is 80.6 cm³/mol. The molecule has 1 heterocycles. The summed E-state index contributed by atoms with van der Waals surface area (Å²) in [5.41, 5.74) is 6.80. The number of ether oxygens (including phenoxy) is 1. The predicted octanol–water partition coefficient (Wildman–Crippen LogP) is 3.56. The Morgan fingerprint density at radius 3 is 2.74 bits per heavy atom. The monoisotopic (exact) mass is 260 g/mol. The summed E-state index contributed by atoms with van der Waals surface area (Å²) in [6, 6.07) is 8.48. The van der Waals surface area contributed by atoms with Gasteiger partial charge in [0.1, 0.15) is 5.75 Å². The van der Waals surface area contributed by atoms with Crippen molar-refractivity contribution in [2.24, 2.45) is 5.73 Å². The maximum atomic E-state index is 5.72. The van der Waals surface area contributed by atoms with E-state index in [2.05, 4.69) is 35.0 Å². The van der Waals surface area contributed by atoms with Crippen LogP contribution in [0.25, 0.3) is 10.9 Å². The Kier molecular flexibility index (Phi) is 4.86. The van der Waals surface area contributed by atoms with Crippen molar-refractivity contribution in [1.29, 1.82) is 0 Å². The number of hydrogen-bond donors (Lipinski definition) is 1. The number of aromatic nitrogens is 1. The topological polar surface area (TPSA) is 40.2 Å². The Balaban J connectivity index is 2.06. The van der Waals surface area contributed by atoms with E-state index in [9.17, 15) is 0 Å². The number of hydrogen-bond acceptors (Lipinski definition) is 2. The highest BCUT2D eigenvalue weighted by molar-refractivity contribution is 5.81. The minimum absolute atomic E-state index is 0.218. The summed E-state index contributed by atoms with van der Waals surface area (Å²) in [5.74, 6) is 0.948. The van der Waals surface area contributed by atoms with Crippen molar-refractivity contribution in [2.45, 2.75) is 45.8 Å². The van der Waals surface area contributed by atoms with E-state index in [4.69, 9.17) is 10.5 Å². The molecule has 0 saturated heterocycles. The molecule has 0 aliphatic rings. The second kappa shape index (κ2) is 6.62. The zero-order valence-corrected chi connectivity index (χ0v) is 11.9. The normalized spacial score (nSPS) is 11.4. The molecule has 2 rings (SSSR count). The molecule has 0 fully saturated rings. The Bertz CT molecular complexity index is 516. The maximum absolute atomic E-state index is 5.72. The van der Waals surface area contributed by atoms with Crippen molar-refractivity contribution < 1.29 is 4.74 Å². The van der Waals surface area contributed by atoms with Crippen LogP contribution in [0, 0.1) is 0 Å². The first kappa shape index (κ1) is 13.9. The van der Waals surface area contributed by atoms with Crippen molar-refractivity contribution in [3.8, 4) is 5.75 Å². The van der Waals surface area contributed by atoms with E-state index in [1.807, 2.05) is 13.8 Å². The van der Waals surface area contributed by atoms with Crippen molar-refractivity contribution in [3.63, 3.8) is 0 Å². The first-order chi connectivity index (χ1) is 9.20. The summed E-state index contributed by atoms with van der Waals surface area (Å²) in [5, 5.41) is 1.25. The number of benzene rings is 1. The van der Waals surface area contributed by atoms with Gasteiger partial charge in [0.05, 0.1) is 6.10 Å². The van der Waals surface area contributed by atoms with E-state index in [1.165, 1.54) is 23.7 Å². The van der Waals surface area contributed by atoms with Crippen LogP contribution in [0.1, 0.15) is 33.1 Å². The summed E-state index contributed by atoms with van der Waals surface area (Å²) in [6.07, 6.45) is 5.88. The van der Waals surface area contributed by atoms with Gasteiger partial charge in [-0.15, -0.1) is 0 Å². The molecule has 104 valence electrons. The Labute approximate surface area is 115 Å². The Morgan fingerprint density at radius 2 is 2.00 bits per heavy atom. The van der Waals surface area contributed by atoms with Gasteiger partial charge < -0.3 is 15.0 Å². The van der Waals surface area contributed by atoms with Gasteiger partial charge in [0.2, 0.25) is 0 Å². The lowest BCUT2D eigenvalue weighted by molar-refractivity contribution is 0.243. The third-order valence-electron chi connectivity index (χ3n) is 3.22. The third kappa shape index (κ3) is 3.74. The van der Waals surface area contributed by atoms with E-state index < -0.39 is 0 Å². The smallest absolute Gasteiger partial charge is 0.120 e. The van der Waals surface area contributed by atoms with E-state index in [1.54, 1.807) is 0 Å². The quantitative estimate of drug-likeness (QED) is 0.773. The molecule has 0 unspecified atom stereocenters. The van der Waals surface area contributed by atoms with Gasteiger partial charge in [0.15, 0.2) is 0 Å². The van der Waals surface area contributed by atoms with Crippen LogP contribution in [0.3, 0.4) is 0 Å². The highest BCUT2D eigenvalue weighted by Gasteiger charge is 2.04. The van der Waals surface area contributed by atoms with Crippen molar-refractivity contribution >= 4 is 10.9 Å². The first-order valence-corrected chi connectivity index (χ1v) is 7.16. The molecule has 2 aromatic rings. The molecule has 0 spiro atoms. The van der Waals surface area contributed by atoms with Crippen LogP contribution in [0.4, 0.5) is 0 Å². The van der Waals surface area contributed by atoms with Gasteiger partial charge in [-0.05, 0) is 57.5 Å². The number of unbranched alkanes of at least 4 members (excludes halogenated alkanes) is 2. The summed E-state index contributed by atoms with van der Waals surface area (Å²) in [7, 11) is 0. The molecule has 0 radical (unpaired) electrons. The average molecular weight is 260 g/mol. The zero-order chi connectivity index (χ0) is 13.7. The fourth-order valence-corrected chi connectivity index (χ4v) is 2.32. The maximum Gasteiger partial charge on any atom is 0.120 e. The summed E-state index contributed by atoms with van der Waals surface area (Å²) in [6.45, 7) is 5.95. The number of nitrogens with two attached hydrogens (primary N) is 1. The second-order valence-corrected chi connectivity index (χ2v) is 5.25. The number of aryl methyl sites for hydroxylation is 1. The van der Waals surface area contributed by atoms with Crippen LogP contribution >= 0.6 is 0 Å². The van der Waals surface area contributed by atoms with Gasteiger partial charge in [0, 0.05) is 23.6 Å². The Morgan fingerprint density at radius 1 is 1.16 bits per heavy atom. The molecular formula is C16H24N2O. The largest absolute Gasteiger partial charge is 0.491 e. The number of fused-ring (bicyclic) bond motifs is 1. The van der Waals surface area contributed by atoms with Crippen LogP contribution in [0.2, 0.25) is 0 Å². The highest BCUT2D eigenvalue weighted by Crippen LogP contribution is 2.23. The Hall–Kier alpha value is -1.48. The lowest BCUT2D eigenvalue weighted by Crippen LogP contribution is -2.05. The lowest BCUT2D eigenvalue weighted by atomic mass is 10.2. The third-order valence-corrected chi connectivity index (χ3v) is 3.22. The fourth-order valence-electron chi connectivity index (χ4n) is 2.32. The molecule has 1 aromatic carbocycles. The molecular weight excluding hydrogens is 236 g/mol. The average Bonchev–Trinajstić information content (AvgIpc) is 2.76. The van der Waals surface area contributed by atoms with E-state index in [0.717, 1.165) is 25.3 Å². The van der Waals surface area contributed by atoms with E-state index in [-0.39, 0.29) is 6.10 Å². The molecule has 0 atom stereocenters. The summed E-state index contributed by atoms with van der Waals surface area (Å²) in [4.78, 5) is 0. The first-order valence-electron chi connectivity index (χ1n) is 7.16. The second-order valence-electron chi connectivity index (χ2n) is 5.25. The minimum Gasteiger partial charge on any atom is -0.491 e. The van der Waals surface area contributed by atoms with Crippen LogP contribution in [0.15, 0.2) is 30.5 Å². The lowest BCUT2D eigenvalue weighted by Gasteiger charge is -2.10. The van der Waals surface area contributed by atoms with E-state index in [0.29, 0.717) is 0 Å². The van der Waals surface area contributed by atoms with Gasteiger partial charge in [-0.3, -0.25) is 0 Å². The van der Waals surface area contributed by atoms with Crippen molar-refractivity contribution in [1.82, 2.24) is 4.57 Å².